The van der Waals surface area contributed by atoms with Gasteiger partial charge in [0.25, 0.3) is 0 Å². The summed E-state index contributed by atoms with van der Waals surface area (Å²) in [6, 6.07) is 9.38. The van der Waals surface area contributed by atoms with Crippen molar-refractivity contribution >= 4 is 57.8 Å². The summed E-state index contributed by atoms with van der Waals surface area (Å²) >= 11 is 12.6. The molecule has 0 radical (unpaired) electrons. The minimum atomic E-state index is -0.819. The maximum atomic E-state index is 12.6. The van der Waals surface area contributed by atoms with E-state index < -0.39 is 16.9 Å². The number of carbonyl (C=O) groups is 1. The van der Waals surface area contributed by atoms with E-state index in [1.165, 1.54) is 29.2 Å². The van der Waals surface area contributed by atoms with Crippen LogP contribution in [-0.2, 0) is 0 Å². The Morgan fingerprint density at radius 1 is 1.48 bits per heavy atom. The number of hydroxylamine groups is 2. The Hall–Kier alpha value is -2.07. The summed E-state index contributed by atoms with van der Waals surface area (Å²) in [7, 11) is 0. The number of rotatable bonds is 4. The van der Waals surface area contributed by atoms with Crippen LogP contribution in [0.1, 0.15) is 19.6 Å². The molecule has 27 heavy (non-hydrogen) atoms. The molecule has 0 aliphatic carbocycles. The lowest BCUT2D eigenvalue weighted by atomic mass is 10.1. The average molecular weight is 425 g/mol. The summed E-state index contributed by atoms with van der Waals surface area (Å²) in [6.45, 7) is 3.74. The summed E-state index contributed by atoms with van der Waals surface area (Å²) in [5.74, 6) is 0.527. The van der Waals surface area contributed by atoms with Gasteiger partial charge in [-0.1, -0.05) is 41.6 Å². The predicted molar refractivity (Wildman–Crippen MR) is 110 cm³/mol. The SMILES string of the molecule is CC1(C)SC(=S)N(N=Cc2ccco2)C1N(O)C(=O)Nc1cccc(Cl)c1. The summed E-state index contributed by atoms with van der Waals surface area (Å²) in [5, 5.41) is 20.0. The normalized spacial score (nSPS) is 18.9. The fourth-order valence-electron chi connectivity index (χ4n) is 2.57. The highest BCUT2D eigenvalue weighted by atomic mass is 35.5. The quantitative estimate of drug-likeness (QED) is 0.322. The summed E-state index contributed by atoms with van der Waals surface area (Å²) in [5.41, 5.74) is 0.461. The van der Waals surface area contributed by atoms with Gasteiger partial charge in [0.2, 0.25) is 0 Å². The average Bonchev–Trinajstić information content (AvgIpc) is 3.17. The zero-order valence-corrected chi connectivity index (χ0v) is 16.9. The van der Waals surface area contributed by atoms with E-state index in [9.17, 15) is 10.0 Å². The Morgan fingerprint density at radius 2 is 2.26 bits per heavy atom. The van der Waals surface area contributed by atoms with Crippen LogP contribution in [0, 0.1) is 0 Å². The van der Waals surface area contributed by atoms with Crippen molar-refractivity contribution < 1.29 is 14.4 Å². The second-order valence-electron chi connectivity index (χ2n) is 6.23. The van der Waals surface area contributed by atoms with Crippen LogP contribution in [0.2, 0.25) is 5.02 Å². The molecule has 3 rings (SSSR count). The zero-order chi connectivity index (χ0) is 19.6. The number of furan rings is 1. The fourth-order valence-corrected chi connectivity index (χ4v) is 4.55. The van der Waals surface area contributed by atoms with E-state index >= 15 is 0 Å². The Balaban J connectivity index is 1.81. The van der Waals surface area contributed by atoms with Gasteiger partial charge in [-0.25, -0.2) is 9.80 Å². The first-order valence-corrected chi connectivity index (χ1v) is 9.52. The molecule has 142 valence electrons. The maximum absolute atomic E-state index is 12.6. The van der Waals surface area contributed by atoms with Crippen LogP contribution in [0.15, 0.2) is 52.2 Å². The smallest absolute Gasteiger partial charge is 0.347 e. The van der Waals surface area contributed by atoms with Crippen LogP contribution in [0.3, 0.4) is 0 Å². The van der Waals surface area contributed by atoms with Crippen LogP contribution in [-0.4, -0.2) is 42.8 Å². The van der Waals surface area contributed by atoms with E-state index in [2.05, 4.69) is 10.4 Å². The third-order valence-electron chi connectivity index (χ3n) is 3.76. The summed E-state index contributed by atoms with van der Waals surface area (Å²) in [4.78, 5) is 12.6. The van der Waals surface area contributed by atoms with Gasteiger partial charge >= 0.3 is 6.03 Å². The summed E-state index contributed by atoms with van der Waals surface area (Å²) in [6.07, 6.45) is 2.18. The molecule has 10 heteroatoms. The molecule has 1 aromatic carbocycles. The number of hydrazone groups is 1. The summed E-state index contributed by atoms with van der Waals surface area (Å²) < 4.78 is 5.05. The van der Waals surface area contributed by atoms with Crippen LogP contribution in [0.5, 0.6) is 0 Å². The molecule has 0 bridgehead atoms. The van der Waals surface area contributed by atoms with E-state index in [0.717, 1.165) is 0 Å². The first kappa shape index (κ1) is 19.7. The number of nitrogens with one attached hydrogen (secondary N) is 1. The van der Waals surface area contributed by atoms with Gasteiger partial charge in [0.05, 0.1) is 17.2 Å². The number of urea groups is 1. The minimum Gasteiger partial charge on any atom is -0.463 e. The van der Waals surface area contributed by atoms with E-state index in [1.54, 1.807) is 36.4 Å². The number of anilines is 1. The molecule has 1 aliphatic heterocycles. The number of thioether (sulfide) groups is 1. The van der Waals surface area contributed by atoms with Gasteiger partial charge in [-0.3, -0.25) is 5.21 Å². The van der Waals surface area contributed by atoms with Gasteiger partial charge < -0.3 is 9.73 Å². The van der Waals surface area contributed by atoms with Crippen molar-refractivity contribution in [3.05, 3.63) is 53.4 Å². The number of benzene rings is 1. The van der Waals surface area contributed by atoms with Gasteiger partial charge in [0, 0.05) is 10.7 Å². The maximum Gasteiger partial charge on any atom is 0.347 e. The number of hydrogen-bond acceptors (Lipinski definition) is 6. The fraction of sp³-hybridized carbons (Fsp3) is 0.235. The topological polar surface area (TPSA) is 81.3 Å². The van der Waals surface area contributed by atoms with Crippen LogP contribution in [0.4, 0.5) is 10.5 Å². The molecule has 1 aliphatic rings. The molecular weight excluding hydrogens is 408 g/mol. The lowest BCUT2D eigenvalue weighted by Crippen LogP contribution is -2.54. The van der Waals surface area contributed by atoms with Crippen LogP contribution in [0.25, 0.3) is 0 Å². The highest BCUT2D eigenvalue weighted by Crippen LogP contribution is 2.42. The highest BCUT2D eigenvalue weighted by Gasteiger charge is 2.50. The first-order chi connectivity index (χ1) is 12.8. The minimum absolute atomic E-state index is 0.433. The molecule has 0 saturated carbocycles. The highest BCUT2D eigenvalue weighted by molar-refractivity contribution is 8.24. The zero-order valence-electron chi connectivity index (χ0n) is 14.5. The molecule has 1 unspecified atom stereocenters. The first-order valence-electron chi connectivity index (χ1n) is 7.92. The molecular formula is C17H17ClN4O3S2. The standard InChI is InChI=1S/C17H17ClN4O3S2/c1-17(2)14(21(16(26)27-17)19-10-13-7-4-8-25-13)22(24)15(23)20-12-6-3-5-11(18)9-12/h3-10,14,24H,1-2H3,(H,20,23). The Labute approximate surface area is 170 Å². The molecule has 1 fully saturated rings. The monoisotopic (exact) mass is 424 g/mol. The van der Waals surface area contributed by atoms with Gasteiger partial charge in [-0.15, -0.1) is 0 Å². The Bertz CT molecular complexity index is 873. The number of nitrogens with zero attached hydrogens (tertiary/aromatic N) is 3. The molecule has 7 nitrogen and oxygen atoms in total. The largest absolute Gasteiger partial charge is 0.463 e. The molecule has 2 heterocycles. The lowest BCUT2D eigenvalue weighted by Gasteiger charge is -2.34. The van der Waals surface area contributed by atoms with Crippen molar-refractivity contribution in [2.24, 2.45) is 5.10 Å². The Morgan fingerprint density at radius 3 is 2.93 bits per heavy atom. The van der Waals surface area contributed by atoms with Gasteiger partial charge in [-0.05, 0) is 44.2 Å². The van der Waals surface area contributed by atoms with Crippen molar-refractivity contribution in [3.63, 3.8) is 0 Å². The number of thiocarbonyl (C=S) groups is 1. The number of halogens is 1. The van der Waals surface area contributed by atoms with E-state index in [1.807, 2.05) is 13.8 Å². The lowest BCUT2D eigenvalue weighted by molar-refractivity contribution is -0.114. The van der Waals surface area contributed by atoms with Crippen molar-refractivity contribution in [1.29, 1.82) is 0 Å². The number of amides is 2. The molecule has 1 saturated heterocycles. The van der Waals surface area contributed by atoms with Gasteiger partial charge in [0.1, 0.15) is 5.76 Å². The molecule has 2 aromatic rings. The molecule has 1 aromatic heterocycles. The van der Waals surface area contributed by atoms with E-state index in [0.29, 0.717) is 25.9 Å². The molecule has 1 atom stereocenters. The van der Waals surface area contributed by atoms with Crippen LogP contribution < -0.4 is 5.32 Å². The second kappa shape index (κ2) is 7.89. The van der Waals surface area contributed by atoms with Gasteiger partial charge in [-0.2, -0.15) is 10.2 Å². The number of carbonyl (C=O) groups excluding carboxylic acids is 1. The van der Waals surface area contributed by atoms with Crippen molar-refractivity contribution in [2.75, 3.05) is 5.32 Å². The van der Waals surface area contributed by atoms with Crippen molar-refractivity contribution in [3.8, 4) is 0 Å². The van der Waals surface area contributed by atoms with Gasteiger partial charge in [0.15, 0.2) is 10.5 Å². The number of hydrogen-bond donors (Lipinski definition) is 2. The second-order valence-corrected chi connectivity index (χ2v) is 8.96. The Kier molecular flexibility index (Phi) is 5.75. The van der Waals surface area contributed by atoms with E-state index in [-0.39, 0.29) is 0 Å². The van der Waals surface area contributed by atoms with Crippen molar-refractivity contribution in [2.45, 2.75) is 24.8 Å². The predicted octanol–water partition coefficient (Wildman–Crippen LogP) is 4.63. The molecule has 2 amide bonds. The molecule has 2 N–H and O–H groups in total. The van der Waals surface area contributed by atoms with E-state index in [4.69, 9.17) is 28.2 Å². The third-order valence-corrected chi connectivity index (χ3v) is 5.53. The van der Waals surface area contributed by atoms with Crippen LogP contribution >= 0.6 is 35.6 Å². The third kappa shape index (κ3) is 4.44. The molecule has 0 spiro atoms. The van der Waals surface area contributed by atoms with Crippen molar-refractivity contribution in [1.82, 2.24) is 10.1 Å².